The second-order valence-electron chi connectivity index (χ2n) is 8.89. The van der Waals surface area contributed by atoms with Crippen molar-refractivity contribution in [3.8, 4) is 11.1 Å². The van der Waals surface area contributed by atoms with E-state index in [1.807, 2.05) is 18.2 Å². The van der Waals surface area contributed by atoms with E-state index in [-0.39, 0.29) is 11.8 Å². The van der Waals surface area contributed by atoms with Gasteiger partial charge in [-0.15, -0.1) is 0 Å². The van der Waals surface area contributed by atoms with Crippen molar-refractivity contribution in [2.75, 3.05) is 50.7 Å². The van der Waals surface area contributed by atoms with E-state index in [4.69, 9.17) is 21.1 Å². The highest BCUT2D eigenvalue weighted by Gasteiger charge is 2.26. The lowest BCUT2D eigenvalue weighted by Crippen LogP contribution is -2.45. The lowest BCUT2D eigenvalue weighted by atomic mass is 9.94. The number of carbonyl (C=O) groups is 1. The molecule has 2 saturated heterocycles. The number of hydrogen-bond acceptors (Lipinski definition) is 6. The van der Waals surface area contributed by atoms with Gasteiger partial charge in [-0.05, 0) is 55.4 Å². The standard InChI is InChI=1S/C25H33ClN4O3/c1-32-16-21-6-5-19(14-28-21)25(31)30-24-12-22(23(26)15-29-24)18-3-2-4-20(11-18)27-13-17-7-9-33-10-8-17/h2-4,11-12,15,17,19,21,27-28H,5-10,13-14,16H2,1H3,(H,29,30,31)/t19-,21+/m0/s1. The van der Waals surface area contributed by atoms with Gasteiger partial charge in [0.05, 0.1) is 17.5 Å². The van der Waals surface area contributed by atoms with Crippen molar-refractivity contribution in [2.45, 2.75) is 31.7 Å². The first-order chi connectivity index (χ1) is 16.1. The molecule has 178 valence electrons. The van der Waals surface area contributed by atoms with E-state index >= 15 is 0 Å². The van der Waals surface area contributed by atoms with Crippen molar-refractivity contribution >= 4 is 29.0 Å². The van der Waals surface area contributed by atoms with E-state index < -0.39 is 0 Å². The fraction of sp³-hybridized carbons (Fsp3) is 0.520. The van der Waals surface area contributed by atoms with Gasteiger partial charge in [0.25, 0.3) is 0 Å². The van der Waals surface area contributed by atoms with Gasteiger partial charge in [0.1, 0.15) is 5.82 Å². The van der Waals surface area contributed by atoms with Gasteiger partial charge >= 0.3 is 0 Å². The maximum Gasteiger partial charge on any atom is 0.229 e. The summed E-state index contributed by atoms with van der Waals surface area (Å²) in [4.78, 5) is 17.1. The number of rotatable bonds is 8. The molecule has 4 rings (SSSR count). The number of amides is 1. The van der Waals surface area contributed by atoms with Crippen LogP contribution in [0.2, 0.25) is 5.02 Å². The highest BCUT2D eigenvalue weighted by atomic mass is 35.5. The average Bonchev–Trinajstić information content (AvgIpc) is 2.85. The molecule has 7 nitrogen and oxygen atoms in total. The minimum absolute atomic E-state index is 0.0222. The fourth-order valence-corrected chi connectivity index (χ4v) is 4.66. The molecule has 1 aromatic heterocycles. The van der Waals surface area contributed by atoms with E-state index in [1.54, 1.807) is 13.3 Å². The van der Waals surface area contributed by atoms with E-state index in [0.29, 0.717) is 36.0 Å². The van der Waals surface area contributed by atoms with Crippen LogP contribution < -0.4 is 16.0 Å². The third-order valence-corrected chi connectivity index (χ3v) is 6.77. The van der Waals surface area contributed by atoms with Crippen LogP contribution in [0.25, 0.3) is 11.1 Å². The first-order valence-electron chi connectivity index (χ1n) is 11.7. The zero-order valence-electron chi connectivity index (χ0n) is 19.1. The van der Waals surface area contributed by atoms with Crippen LogP contribution in [0, 0.1) is 11.8 Å². The van der Waals surface area contributed by atoms with Crippen LogP contribution in [0.4, 0.5) is 11.5 Å². The maximum atomic E-state index is 12.8. The summed E-state index contributed by atoms with van der Waals surface area (Å²) in [5.41, 5.74) is 2.88. The summed E-state index contributed by atoms with van der Waals surface area (Å²) in [6, 6.07) is 10.4. The summed E-state index contributed by atoms with van der Waals surface area (Å²) in [6.45, 7) is 3.93. The number of methoxy groups -OCH3 is 1. The third kappa shape index (κ3) is 6.67. The van der Waals surface area contributed by atoms with Crippen LogP contribution in [0.15, 0.2) is 36.5 Å². The third-order valence-electron chi connectivity index (χ3n) is 6.47. The summed E-state index contributed by atoms with van der Waals surface area (Å²) < 4.78 is 10.6. The van der Waals surface area contributed by atoms with Gasteiger partial charge in [-0.2, -0.15) is 0 Å². The summed E-state index contributed by atoms with van der Waals surface area (Å²) in [5.74, 6) is 1.04. The first-order valence-corrected chi connectivity index (χ1v) is 12.1. The Morgan fingerprint density at radius 1 is 1.24 bits per heavy atom. The highest BCUT2D eigenvalue weighted by Crippen LogP contribution is 2.31. The van der Waals surface area contributed by atoms with Crippen molar-refractivity contribution in [1.29, 1.82) is 0 Å². The summed E-state index contributed by atoms with van der Waals surface area (Å²) in [6.07, 6.45) is 5.53. The molecule has 8 heteroatoms. The second kappa shape index (κ2) is 11.8. The van der Waals surface area contributed by atoms with E-state index in [2.05, 4.69) is 33.1 Å². The Labute approximate surface area is 200 Å². The first kappa shape index (κ1) is 24.0. The summed E-state index contributed by atoms with van der Waals surface area (Å²) in [5, 5.41) is 10.5. The molecule has 0 bridgehead atoms. The minimum Gasteiger partial charge on any atom is -0.385 e. The van der Waals surface area contributed by atoms with Crippen LogP contribution in [-0.2, 0) is 14.3 Å². The highest BCUT2D eigenvalue weighted by molar-refractivity contribution is 6.33. The van der Waals surface area contributed by atoms with Gasteiger partial charge in [0.15, 0.2) is 0 Å². The fourth-order valence-electron chi connectivity index (χ4n) is 4.45. The van der Waals surface area contributed by atoms with Crippen molar-refractivity contribution in [2.24, 2.45) is 11.8 Å². The number of nitrogens with zero attached hydrogens (tertiary/aromatic N) is 1. The monoisotopic (exact) mass is 472 g/mol. The zero-order valence-corrected chi connectivity index (χ0v) is 19.9. The molecule has 0 spiro atoms. The Kier molecular flexibility index (Phi) is 8.56. The number of aromatic nitrogens is 1. The number of pyridine rings is 1. The molecule has 2 aromatic rings. The van der Waals surface area contributed by atoms with Crippen LogP contribution in [0.3, 0.4) is 0 Å². The number of carbonyl (C=O) groups excluding carboxylic acids is 1. The Hall–Kier alpha value is -2.19. The Morgan fingerprint density at radius 2 is 2.09 bits per heavy atom. The molecular formula is C25H33ClN4O3. The van der Waals surface area contributed by atoms with Gasteiger partial charge in [0.2, 0.25) is 5.91 Å². The average molecular weight is 473 g/mol. The van der Waals surface area contributed by atoms with Crippen LogP contribution in [0.1, 0.15) is 25.7 Å². The zero-order chi connectivity index (χ0) is 23.0. The van der Waals surface area contributed by atoms with E-state index in [1.165, 1.54) is 0 Å². The molecule has 33 heavy (non-hydrogen) atoms. The molecule has 2 aliphatic heterocycles. The summed E-state index contributed by atoms with van der Waals surface area (Å²) >= 11 is 6.48. The number of piperidine rings is 1. The number of ether oxygens (including phenoxy) is 2. The predicted molar refractivity (Wildman–Crippen MR) is 132 cm³/mol. The lowest BCUT2D eigenvalue weighted by Gasteiger charge is -2.28. The number of hydrogen-bond donors (Lipinski definition) is 3. The lowest BCUT2D eigenvalue weighted by molar-refractivity contribution is -0.120. The normalized spacial score (nSPS) is 21.5. The minimum atomic E-state index is -0.0863. The molecule has 2 atom stereocenters. The molecular weight excluding hydrogens is 440 g/mol. The van der Waals surface area contributed by atoms with Crippen molar-refractivity contribution < 1.29 is 14.3 Å². The van der Waals surface area contributed by atoms with Crippen molar-refractivity contribution in [1.82, 2.24) is 10.3 Å². The molecule has 2 fully saturated rings. The Morgan fingerprint density at radius 3 is 2.85 bits per heavy atom. The quantitative estimate of drug-likeness (QED) is 0.534. The van der Waals surface area contributed by atoms with Gasteiger partial charge in [-0.25, -0.2) is 4.98 Å². The Bertz CT molecular complexity index is 928. The molecule has 1 amide bonds. The number of anilines is 2. The SMILES string of the molecule is COC[C@H]1CC[C@H](C(=O)Nc2cc(-c3cccc(NCC4CCOCC4)c3)c(Cl)cn2)CN1. The molecule has 2 aliphatic rings. The van der Waals surface area contributed by atoms with Gasteiger partial charge in [-0.1, -0.05) is 23.7 Å². The summed E-state index contributed by atoms with van der Waals surface area (Å²) in [7, 11) is 1.70. The molecule has 0 aliphatic carbocycles. The number of nitrogens with one attached hydrogen (secondary N) is 3. The van der Waals surface area contributed by atoms with Gasteiger partial charge < -0.3 is 25.4 Å². The van der Waals surface area contributed by atoms with E-state index in [0.717, 1.165) is 62.3 Å². The van der Waals surface area contributed by atoms with E-state index in [9.17, 15) is 4.79 Å². The number of halogens is 1. The molecule has 3 heterocycles. The van der Waals surface area contributed by atoms with Crippen molar-refractivity contribution in [3.05, 3.63) is 41.6 Å². The topological polar surface area (TPSA) is 84.5 Å². The van der Waals surface area contributed by atoms with Gasteiger partial charge in [0, 0.05) is 56.9 Å². The number of benzene rings is 1. The molecule has 1 aromatic carbocycles. The van der Waals surface area contributed by atoms with Crippen LogP contribution in [-0.4, -0.2) is 57.0 Å². The molecule has 0 radical (unpaired) electrons. The van der Waals surface area contributed by atoms with Crippen LogP contribution in [0.5, 0.6) is 0 Å². The second-order valence-corrected chi connectivity index (χ2v) is 9.30. The maximum absolute atomic E-state index is 12.8. The molecule has 0 unspecified atom stereocenters. The van der Waals surface area contributed by atoms with Crippen LogP contribution >= 0.6 is 11.6 Å². The largest absolute Gasteiger partial charge is 0.385 e. The van der Waals surface area contributed by atoms with Crippen molar-refractivity contribution in [3.63, 3.8) is 0 Å². The predicted octanol–water partition coefficient (Wildman–Crippen LogP) is 4.19. The van der Waals surface area contributed by atoms with Gasteiger partial charge in [-0.3, -0.25) is 4.79 Å². The molecule has 3 N–H and O–H groups in total. The Balaban J connectivity index is 1.39. The molecule has 0 saturated carbocycles. The smallest absolute Gasteiger partial charge is 0.229 e.